The summed E-state index contributed by atoms with van der Waals surface area (Å²) >= 11 is 0. The smallest absolute Gasteiger partial charge is 0.248 e. The fraction of sp³-hybridized carbons (Fsp3) is 0.583. The lowest BCUT2D eigenvalue weighted by Gasteiger charge is -2.33. The molecule has 1 unspecified atom stereocenters. The van der Waals surface area contributed by atoms with Gasteiger partial charge in [0.15, 0.2) is 0 Å². The van der Waals surface area contributed by atoms with Gasteiger partial charge in [0.2, 0.25) is 21.8 Å². The van der Waals surface area contributed by atoms with Gasteiger partial charge in [-0.05, 0) is 43.5 Å². The molecule has 2 fully saturated rings. The van der Waals surface area contributed by atoms with E-state index in [1.54, 1.807) is 24.1 Å². The number of rotatable bonds is 7. The van der Waals surface area contributed by atoms with Gasteiger partial charge in [0.05, 0.1) is 18.4 Å². The number of aromatic nitrogens is 1. The van der Waals surface area contributed by atoms with Crippen LogP contribution in [-0.4, -0.2) is 83.1 Å². The molecule has 3 N–H and O–H groups in total. The predicted molar refractivity (Wildman–Crippen MR) is 130 cm³/mol. The van der Waals surface area contributed by atoms with E-state index < -0.39 is 40.2 Å². The van der Waals surface area contributed by atoms with Gasteiger partial charge >= 0.3 is 0 Å². The third-order valence-corrected chi connectivity index (χ3v) is 8.74. The number of aliphatic hydroxyl groups is 1. The first-order valence-electron chi connectivity index (χ1n) is 12.0. The van der Waals surface area contributed by atoms with Crippen molar-refractivity contribution in [3.05, 3.63) is 35.8 Å². The number of nitrogens with zero attached hydrogens (tertiary/aromatic N) is 2. The monoisotopic (exact) mass is 508 g/mol. The maximum Gasteiger partial charge on any atom is 0.248 e. The second-order valence-corrected chi connectivity index (χ2v) is 11.7. The number of fused-ring (bicyclic) bond motifs is 2. The van der Waals surface area contributed by atoms with Crippen LogP contribution in [0.5, 0.6) is 0 Å². The first kappa shape index (κ1) is 25.6. The second kappa shape index (κ2) is 9.51. The summed E-state index contributed by atoms with van der Waals surface area (Å²) in [6, 6.07) is 2.34. The average Bonchev–Trinajstić information content (AvgIpc) is 3.49. The summed E-state index contributed by atoms with van der Waals surface area (Å²) in [5.74, 6) is -1.82. The molecule has 2 saturated heterocycles. The van der Waals surface area contributed by atoms with Crippen molar-refractivity contribution in [3.8, 4) is 0 Å². The van der Waals surface area contributed by atoms with E-state index in [0.29, 0.717) is 24.9 Å². The Hall–Kier alpha value is -2.50. The summed E-state index contributed by atoms with van der Waals surface area (Å²) in [5.41, 5.74) is 1.39. The number of aromatic amines is 1. The number of benzene rings is 1. The highest BCUT2D eigenvalue weighted by Crippen LogP contribution is 2.44. The maximum atomic E-state index is 13.8. The molecule has 2 aliphatic heterocycles. The molecule has 0 radical (unpaired) electrons. The van der Waals surface area contributed by atoms with Crippen LogP contribution in [0.3, 0.4) is 0 Å². The van der Waals surface area contributed by atoms with Gasteiger partial charge < -0.3 is 20.3 Å². The van der Waals surface area contributed by atoms with Crippen LogP contribution in [0.4, 0.5) is 4.39 Å². The third-order valence-electron chi connectivity index (χ3n) is 7.47. The van der Waals surface area contributed by atoms with Crippen LogP contribution in [0.15, 0.2) is 24.4 Å². The Morgan fingerprint density at radius 2 is 2.03 bits per heavy atom. The van der Waals surface area contributed by atoms with Gasteiger partial charge in [-0.1, -0.05) is 13.8 Å². The van der Waals surface area contributed by atoms with Crippen LogP contribution < -0.4 is 5.32 Å². The van der Waals surface area contributed by atoms with E-state index in [0.717, 1.165) is 17.2 Å². The quantitative estimate of drug-likeness (QED) is 0.524. The van der Waals surface area contributed by atoms with Crippen LogP contribution in [-0.2, 0) is 19.6 Å². The summed E-state index contributed by atoms with van der Waals surface area (Å²) in [6.07, 6.45) is 2.81. The fourth-order valence-corrected chi connectivity index (χ4v) is 6.59. The van der Waals surface area contributed by atoms with Crippen LogP contribution >= 0.6 is 0 Å². The highest BCUT2D eigenvalue weighted by molar-refractivity contribution is 7.88. The Morgan fingerprint density at radius 1 is 1.31 bits per heavy atom. The van der Waals surface area contributed by atoms with E-state index in [9.17, 15) is 27.5 Å². The van der Waals surface area contributed by atoms with E-state index in [-0.39, 0.29) is 30.1 Å². The molecule has 3 heterocycles. The Morgan fingerprint density at radius 3 is 2.66 bits per heavy atom. The van der Waals surface area contributed by atoms with Crippen molar-refractivity contribution in [2.75, 3.05) is 19.3 Å². The number of hydrogen-bond donors (Lipinski definition) is 3. The molecule has 2 aliphatic rings. The minimum atomic E-state index is -3.55. The molecule has 0 spiro atoms. The zero-order valence-corrected chi connectivity index (χ0v) is 21.2. The number of H-pyrrole nitrogens is 1. The standard InChI is InChI=1S/C24H33FN4O5S/c1-5-13(2)23(31)27-21(14(3)30)24(32)28-9-8-20-22(28)18(12-29(20)35(4,33)34)17-11-26-19-10-15(25)6-7-16(17)19/h6-7,10-11,13-14,18,20-22,26,30H,5,8-9,12H2,1-4H3,(H,27,31)/t13-,14?,18-,20-,21+,22-/m1/s1. The van der Waals surface area contributed by atoms with Crippen molar-refractivity contribution in [1.82, 2.24) is 19.5 Å². The van der Waals surface area contributed by atoms with Crippen molar-refractivity contribution in [1.29, 1.82) is 0 Å². The molecule has 192 valence electrons. The Bertz CT molecular complexity index is 1230. The zero-order valence-electron chi connectivity index (χ0n) is 20.4. The topological polar surface area (TPSA) is 123 Å². The van der Waals surface area contributed by atoms with E-state index in [4.69, 9.17) is 0 Å². The van der Waals surface area contributed by atoms with Crippen molar-refractivity contribution >= 4 is 32.7 Å². The number of likely N-dealkylation sites (tertiary alicyclic amines) is 1. The summed E-state index contributed by atoms with van der Waals surface area (Å²) in [4.78, 5) is 30.9. The van der Waals surface area contributed by atoms with Gasteiger partial charge in [-0.2, -0.15) is 4.31 Å². The van der Waals surface area contributed by atoms with E-state index >= 15 is 0 Å². The zero-order chi connectivity index (χ0) is 25.7. The minimum absolute atomic E-state index is 0.181. The normalized spacial score (nSPS) is 25.4. The maximum absolute atomic E-state index is 13.8. The Labute approximate surface area is 204 Å². The van der Waals surface area contributed by atoms with Crippen molar-refractivity contribution in [2.45, 2.75) is 63.8 Å². The number of aliphatic hydroxyl groups excluding tert-OH is 1. The first-order valence-corrected chi connectivity index (χ1v) is 13.8. The van der Waals surface area contributed by atoms with Crippen molar-refractivity contribution in [2.24, 2.45) is 5.92 Å². The molecule has 0 aliphatic carbocycles. The molecule has 6 atom stereocenters. The molecule has 0 bridgehead atoms. The fourth-order valence-electron chi connectivity index (χ4n) is 5.43. The van der Waals surface area contributed by atoms with Gasteiger partial charge in [-0.15, -0.1) is 0 Å². The molecule has 4 rings (SSSR count). The number of halogens is 1. The van der Waals surface area contributed by atoms with Crippen molar-refractivity contribution < 1.29 is 27.5 Å². The molecule has 9 nitrogen and oxygen atoms in total. The van der Waals surface area contributed by atoms with Crippen LogP contribution in [0.2, 0.25) is 0 Å². The molecule has 1 aromatic carbocycles. The van der Waals surface area contributed by atoms with Gasteiger partial charge in [0.1, 0.15) is 11.9 Å². The summed E-state index contributed by atoms with van der Waals surface area (Å²) in [5, 5.41) is 13.8. The van der Waals surface area contributed by atoms with Crippen LogP contribution in [0.25, 0.3) is 10.9 Å². The molecule has 11 heteroatoms. The summed E-state index contributed by atoms with van der Waals surface area (Å²) in [6.45, 7) is 5.55. The lowest BCUT2D eigenvalue weighted by atomic mass is 9.91. The molecular formula is C24H33FN4O5S. The van der Waals surface area contributed by atoms with E-state index in [1.807, 2.05) is 6.92 Å². The lowest BCUT2D eigenvalue weighted by Crippen LogP contribution is -2.56. The van der Waals surface area contributed by atoms with Gasteiger partial charge in [-0.25, -0.2) is 12.8 Å². The Kier molecular flexibility index (Phi) is 6.96. The molecular weight excluding hydrogens is 475 g/mol. The molecule has 1 aromatic heterocycles. The highest BCUT2D eigenvalue weighted by atomic mass is 32.2. The Balaban J connectivity index is 1.71. The van der Waals surface area contributed by atoms with Crippen LogP contribution in [0, 0.1) is 11.7 Å². The van der Waals surface area contributed by atoms with Gasteiger partial charge in [-0.3, -0.25) is 9.59 Å². The van der Waals surface area contributed by atoms with E-state index in [1.165, 1.54) is 23.4 Å². The van der Waals surface area contributed by atoms with Gasteiger partial charge in [0, 0.05) is 48.1 Å². The number of hydrogen-bond acceptors (Lipinski definition) is 5. The predicted octanol–water partition coefficient (Wildman–Crippen LogP) is 1.55. The molecule has 0 saturated carbocycles. The highest BCUT2D eigenvalue weighted by Gasteiger charge is 2.54. The SMILES string of the molecule is CC[C@@H](C)C(=O)N[C@H](C(=O)N1CC[C@@H]2[C@H]1[C@@H](c1c[nH]c3cc(F)ccc13)CN2S(C)(=O)=O)C(C)O. The first-order chi connectivity index (χ1) is 16.4. The van der Waals surface area contributed by atoms with Crippen molar-refractivity contribution in [3.63, 3.8) is 0 Å². The number of amides is 2. The number of nitrogens with one attached hydrogen (secondary N) is 2. The molecule has 2 amide bonds. The second-order valence-electron chi connectivity index (χ2n) is 9.79. The largest absolute Gasteiger partial charge is 0.391 e. The number of carbonyl (C=O) groups excluding carboxylic acids is 2. The van der Waals surface area contributed by atoms with Gasteiger partial charge in [0.25, 0.3) is 0 Å². The number of carbonyl (C=O) groups is 2. The average molecular weight is 509 g/mol. The summed E-state index contributed by atoms with van der Waals surface area (Å²) in [7, 11) is -3.55. The van der Waals surface area contributed by atoms with Crippen LogP contribution in [0.1, 0.15) is 45.1 Å². The minimum Gasteiger partial charge on any atom is -0.391 e. The molecule has 2 aromatic rings. The summed E-state index contributed by atoms with van der Waals surface area (Å²) < 4.78 is 40.5. The third kappa shape index (κ3) is 4.68. The number of sulfonamides is 1. The van der Waals surface area contributed by atoms with E-state index in [2.05, 4.69) is 10.3 Å². The lowest BCUT2D eigenvalue weighted by molar-refractivity contribution is -0.141. The molecule has 35 heavy (non-hydrogen) atoms.